The fourth-order valence-electron chi connectivity index (χ4n) is 0.920. The summed E-state index contributed by atoms with van der Waals surface area (Å²) in [5, 5.41) is 2.79. The second-order valence-corrected chi connectivity index (χ2v) is 4.31. The summed E-state index contributed by atoms with van der Waals surface area (Å²) in [6.45, 7) is 0.833. The minimum atomic E-state index is -0.300. The molecule has 1 heterocycles. The lowest BCUT2D eigenvalue weighted by atomic mass is 9.80. The zero-order valence-corrected chi connectivity index (χ0v) is 6.99. The lowest BCUT2D eigenvalue weighted by Crippen LogP contribution is -2.47. The summed E-state index contributed by atoms with van der Waals surface area (Å²) in [6.07, 6.45) is 2.02. The lowest BCUT2D eigenvalue weighted by Gasteiger charge is -2.26. The number of carbonyl (C=O) groups excluding carboxylic acids is 1. The zero-order valence-electron chi connectivity index (χ0n) is 5.41. The van der Waals surface area contributed by atoms with Crippen LogP contribution in [0.4, 0.5) is 0 Å². The van der Waals surface area contributed by atoms with E-state index >= 15 is 0 Å². The van der Waals surface area contributed by atoms with Gasteiger partial charge in [-0.2, -0.15) is 0 Å². The Kier molecular flexibility index (Phi) is 1.84. The highest BCUT2D eigenvalue weighted by Crippen LogP contribution is 2.22. The van der Waals surface area contributed by atoms with Gasteiger partial charge in [0.15, 0.2) is 0 Å². The van der Waals surface area contributed by atoms with Crippen LogP contribution in [-0.2, 0) is 4.79 Å². The van der Waals surface area contributed by atoms with Crippen LogP contribution in [0, 0.1) is 0 Å². The fraction of sp³-hybridized carbons (Fsp3) is 0.800. The predicted molar refractivity (Wildman–Crippen MR) is 42.4 cm³/mol. The minimum absolute atomic E-state index is 0.119. The van der Waals surface area contributed by atoms with Crippen LogP contribution in [0.25, 0.3) is 0 Å². The van der Waals surface area contributed by atoms with E-state index < -0.39 is 0 Å². The molecule has 0 aliphatic carbocycles. The predicted octanol–water partition coefficient (Wildman–Crippen LogP) is -0.379. The van der Waals surface area contributed by atoms with Crippen LogP contribution >= 0.6 is 15.9 Å². The van der Waals surface area contributed by atoms with Crippen molar-refractivity contribution in [1.29, 1.82) is 0 Å². The Labute approximate surface area is 63.9 Å². The van der Waals surface area contributed by atoms with Crippen LogP contribution in [0.5, 0.6) is 0 Å². The average Bonchev–Trinajstić information content (AvgIpc) is 1.77. The molecule has 2 nitrogen and oxygen atoms in total. The van der Waals surface area contributed by atoms with E-state index in [2.05, 4.69) is 21.2 Å². The molecule has 1 aliphatic heterocycles. The van der Waals surface area contributed by atoms with Crippen molar-refractivity contribution in [3.8, 4) is 0 Å². The number of rotatable bonds is 0. The molecule has 0 aromatic carbocycles. The van der Waals surface area contributed by atoms with E-state index in [1.807, 2.05) is 7.85 Å². The Bertz CT molecular complexity index is 137. The van der Waals surface area contributed by atoms with Crippen molar-refractivity contribution in [2.24, 2.45) is 0 Å². The maximum absolute atomic E-state index is 11.0. The van der Waals surface area contributed by atoms with Gasteiger partial charge >= 0.3 is 0 Å². The van der Waals surface area contributed by atoms with Crippen molar-refractivity contribution in [3.63, 3.8) is 0 Å². The lowest BCUT2D eigenvalue weighted by molar-refractivity contribution is -0.122. The van der Waals surface area contributed by atoms with Gasteiger partial charge in [-0.15, -0.1) is 0 Å². The highest BCUT2D eigenvalue weighted by Gasteiger charge is 2.31. The summed E-state index contributed by atoms with van der Waals surface area (Å²) < 4.78 is -0.300. The van der Waals surface area contributed by atoms with Crippen molar-refractivity contribution >= 4 is 29.7 Å². The first kappa shape index (κ1) is 7.13. The molecule has 0 bridgehead atoms. The number of carbonyl (C=O) groups is 1. The summed E-state index contributed by atoms with van der Waals surface area (Å²) in [5.41, 5.74) is 0. The van der Waals surface area contributed by atoms with Crippen LogP contribution in [0.1, 0.15) is 12.8 Å². The molecule has 1 unspecified atom stereocenters. The second kappa shape index (κ2) is 2.33. The maximum atomic E-state index is 11.0. The quantitative estimate of drug-likeness (QED) is 0.409. The molecule has 0 aromatic rings. The van der Waals surface area contributed by atoms with Gasteiger partial charge in [0.2, 0.25) is 5.91 Å². The monoisotopic (exact) mass is 189 g/mol. The van der Waals surface area contributed by atoms with Crippen molar-refractivity contribution < 1.29 is 4.79 Å². The van der Waals surface area contributed by atoms with E-state index in [4.69, 9.17) is 0 Å². The molecule has 1 fully saturated rings. The standard InChI is InChI=1S/C5H9BBrNO/c6-5(7)2-1-3-8-4(5)9/h1-3,6H2,(H,8,9). The molecule has 1 atom stereocenters. The van der Waals surface area contributed by atoms with Crippen LogP contribution in [0.2, 0.25) is 0 Å². The molecule has 50 valence electrons. The molecule has 9 heavy (non-hydrogen) atoms. The number of hydrogen-bond acceptors (Lipinski definition) is 1. The summed E-state index contributed by atoms with van der Waals surface area (Å²) in [7, 11) is 1.90. The Balaban J connectivity index is 2.60. The third kappa shape index (κ3) is 1.48. The summed E-state index contributed by atoms with van der Waals surface area (Å²) in [5.74, 6) is 0.119. The van der Waals surface area contributed by atoms with Gasteiger partial charge in [-0.3, -0.25) is 4.79 Å². The number of alkyl halides is 1. The van der Waals surface area contributed by atoms with Gasteiger partial charge in [0, 0.05) is 6.54 Å². The molecule has 0 aromatic heterocycles. The Morgan fingerprint density at radius 2 is 2.44 bits per heavy atom. The first-order valence-electron chi connectivity index (χ1n) is 3.10. The largest absolute Gasteiger partial charge is 0.356 e. The van der Waals surface area contributed by atoms with Gasteiger partial charge in [0.25, 0.3) is 0 Å². The third-order valence-electron chi connectivity index (χ3n) is 1.58. The summed E-state index contributed by atoms with van der Waals surface area (Å²) in [4.78, 5) is 11.0. The Morgan fingerprint density at radius 3 is 2.78 bits per heavy atom. The number of nitrogens with one attached hydrogen (secondary N) is 1. The van der Waals surface area contributed by atoms with Crippen LogP contribution in [0.3, 0.4) is 0 Å². The van der Waals surface area contributed by atoms with E-state index in [0.29, 0.717) is 0 Å². The van der Waals surface area contributed by atoms with Crippen molar-refractivity contribution in [2.45, 2.75) is 17.1 Å². The van der Waals surface area contributed by atoms with Crippen molar-refractivity contribution in [3.05, 3.63) is 0 Å². The molecule has 1 saturated heterocycles. The van der Waals surface area contributed by atoms with Crippen LogP contribution < -0.4 is 5.32 Å². The number of halogens is 1. The van der Waals surface area contributed by atoms with Crippen LogP contribution in [0.15, 0.2) is 0 Å². The Morgan fingerprint density at radius 1 is 1.78 bits per heavy atom. The maximum Gasteiger partial charge on any atom is 0.228 e. The molecule has 0 spiro atoms. The van der Waals surface area contributed by atoms with Crippen molar-refractivity contribution in [1.82, 2.24) is 5.32 Å². The topological polar surface area (TPSA) is 29.1 Å². The SMILES string of the molecule is BC1(Br)CCCNC1=O. The van der Waals surface area contributed by atoms with Gasteiger partial charge in [-0.1, -0.05) is 15.9 Å². The summed E-state index contributed by atoms with van der Waals surface area (Å²) in [6, 6.07) is 0. The molecular formula is C5H9BBrNO. The molecule has 0 saturated carbocycles. The Hall–Kier alpha value is 0.0149. The molecular weight excluding hydrogens is 181 g/mol. The highest BCUT2D eigenvalue weighted by molar-refractivity contribution is 9.10. The smallest absolute Gasteiger partial charge is 0.228 e. The van der Waals surface area contributed by atoms with Gasteiger partial charge in [0.1, 0.15) is 7.85 Å². The van der Waals surface area contributed by atoms with Gasteiger partial charge < -0.3 is 5.32 Å². The first-order chi connectivity index (χ1) is 4.13. The van der Waals surface area contributed by atoms with Crippen molar-refractivity contribution in [2.75, 3.05) is 6.54 Å². The minimum Gasteiger partial charge on any atom is -0.356 e. The fourth-order valence-corrected chi connectivity index (χ4v) is 1.34. The van der Waals surface area contributed by atoms with E-state index in [1.54, 1.807) is 0 Å². The van der Waals surface area contributed by atoms with Gasteiger partial charge in [-0.25, -0.2) is 0 Å². The summed E-state index contributed by atoms with van der Waals surface area (Å²) >= 11 is 3.35. The van der Waals surface area contributed by atoms with E-state index in [0.717, 1.165) is 19.4 Å². The van der Waals surface area contributed by atoms with Gasteiger partial charge in [-0.05, 0) is 12.8 Å². The van der Waals surface area contributed by atoms with Crippen LogP contribution in [-0.4, -0.2) is 24.5 Å². The van der Waals surface area contributed by atoms with E-state index in [9.17, 15) is 4.79 Å². The molecule has 1 N–H and O–H groups in total. The third-order valence-corrected chi connectivity index (χ3v) is 2.34. The van der Waals surface area contributed by atoms with E-state index in [-0.39, 0.29) is 10.1 Å². The molecule has 0 radical (unpaired) electrons. The average molecular weight is 190 g/mol. The number of hydrogen-bond donors (Lipinski definition) is 1. The normalized spacial score (nSPS) is 35.9. The van der Waals surface area contributed by atoms with Gasteiger partial charge in [0.05, 0.1) is 4.22 Å². The molecule has 1 rings (SSSR count). The molecule has 4 heteroatoms. The highest BCUT2D eigenvalue weighted by atomic mass is 79.9. The number of piperidine rings is 1. The number of amides is 1. The molecule has 1 aliphatic rings. The first-order valence-corrected chi connectivity index (χ1v) is 3.89. The zero-order chi connectivity index (χ0) is 6.91. The van der Waals surface area contributed by atoms with E-state index in [1.165, 1.54) is 0 Å². The molecule has 1 amide bonds. The second-order valence-electron chi connectivity index (χ2n) is 2.56.